The Morgan fingerprint density at radius 1 is 1.11 bits per heavy atom. The van der Waals surface area contributed by atoms with Gasteiger partial charge in [0.2, 0.25) is 0 Å². The molecule has 6 heteroatoms. The molecule has 1 atom stereocenters. The van der Waals surface area contributed by atoms with E-state index in [-0.39, 0.29) is 6.09 Å². The van der Waals surface area contributed by atoms with Crippen LogP contribution in [0.2, 0.25) is 0 Å². The summed E-state index contributed by atoms with van der Waals surface area (Å²) in [7, 11) is 2.11. The van der Waals surface area contributed by atoms with Crippen LogP contribution in [0.4, 0.5) is 16.2 Å². The maximum atomic E-state index is 12.7. The summed E-state index contributed by atoms with van der Waals surface area (Å²) in [5.41, 5.74) is 2.98. The first-order valence-electron chi connectivity index (χ1n) is 9.57. The lowest BCUT2D eigenvalue weighted by Gasteiger charge is -2.37. The van der Waals surface area contributed by atoms with Gasteiger partial charge in [0.15, 0.2) is 0 Å². The van der Waals surface area contributed by atoms with E-state index in [0.717, 1.165) is 49.7 Å². The average molecular weight is 366 g/mol. The van der Waals surface area contributed by atoms with Crippen LogP contribution in [0.3, 0.4) is 0 Å². The zero-order valence-corrected chi connectivity index (χ0v) is 15.8. The van der Waals surface area contributed by atoms with Gasteiger partial charge >= 0.3 is 6.09 Å². The van der Waals surface area contributed by atoms with Crippen LogP contribution >= 0.6 is 0 Å². The number of fused-ring (bicyclic) bond motifs is 1. The molecular weight excluding hydrogens is 340 g/mol. The zero-order chi connectivity index (χ0) is 18.6. The molecule has 0 unspecified atom stereocenters. The maximum absolute atomic E-state index is 12.7. The number of aromatic nitrogens is 1. The third kappa shape index (κ3) is 4.06. The quantitative estimate of drug-likeness (QED) is 0.833. The fraction of sp³-hybridized carbons (Fsp3) is 0.429. The van der Waals surface area contributed by atoms with Crippen molar-refractivity contribution in [3.05, 3.63) is 54.4 Å². The molecule has 2 aliphatic heterocycles. The van der Waals surface area contributed by atoms with Gasteiger partial charge in [-0.15, -0.1) is 0 Å². The van der Waals surface area contributed by atoms with Crippen LogP contribution in [0.15, 0.2) is 48.7 Å². The number of carbonyl (C=O) groups is 1. The lowest BCUT2D eigenvalue weighted by atomic mass is 10.1. The van der Waals surface area contributed by atoms with Gasteiger partial charge < -0.3 is 14.5 Å². The number of carbonyl (C=O) groups excluding carboxylic acids is 1. The normalized spacial score (nSPS) is 19.8. The molecule has 2 aromatic rings. The van der Waals surface area contributed by atoms with Crippen molar-refractivity contribution in [1.82, 2.24) is 9.88 Å². The van der Waals surface area contributed by atoms with Gasteiger partial charge in [-0.1, -0.05) is 18.2 Å². The highest BCUT2D eigenvalue weighted by Crippen LogP contribution is 2.34. The Morgan fingerprint density at radius 3 is 2.67 bits per heavy atom. The molecule has 3 heterocycles. The molecule has 1 aromatic carbocycles. The van der Waals surface area contributed by atoms with E-state index in [1.165, 1.54) is 0 Å². The van der Waals surface area contributed by atoms with Gasteiger partial charge in [-0.25, -0.2) is 4.79 Å². The van der Waals surface area contributed by atoms with Crippen molar-refractivity contribution in [2.45, 2.75) is 13.0 Å². The van der Waals surface area contributed by atoms with E-state index in [0.29, 0.717) is 19.1 Å². The monoisotopic (exact) mass is 366 g/mol. The molecule has 1 saturated heterocycles. The lowest BCUT2D eigenvalue weighted by molar-refractivity contribution is 0.135. The molecule has 4 rings (SSSR count). The van der Waals surface area contributed by atoms with E-state index < -0.39 is 0 Å². The Hall–Kier alpha value is -2.60. The molecule has 0 saturated carbocycles. The number of benzene rings is 1. The number of para-hydroxylation sites is 2. The van der Waals surface area contributed by atoms with Gasteiger partial charge in [0.1, 0.15) is 0 Å². The fourth-order valence-corrected chi connectivity index (χ4v) is 3.89. The third-order valence-electron chi connectivity index (χ3n) is 5.34. The van der Waals surface area contributed by atoms with Crippen molar-refractivity contribution in [3.8, 4) is 0 Å². The summed E-state index contributed by atoms with van der Waals surface area (Å²) in [5.74, 6) is 0.444. The molecule has 142 valence electrons. The fourth-order valence-electron chi connectivity index (χ4n) is 3.89. The van der Waals surface area contributed by atoms with E-state index in [4.69, 9.17) is 4.74 Å². The number of hydrogen-bond donors (Lipinski definition) is 0. The van der Waals surface area contributed by atoms with Crippen LogP contribution in [0.25, 0.3) is 0 Å². The summed E-state index contributed by atoms with van der Waals surface area (Å²) in [5, 5.41) is 0. The molecule has 1 aromatic heterocycles. The summed E-state index contributed by atoms with van der Waals surface area (Å²) in [6.07, 6.45) is 2.67. The van der Waals surface area contributed by atoms with E-state index >= 15 is 0 Å². The minimum atomic E-state index is -0.241. The Bertz CT molecular complexity index is 783. The van der Waals surface area contributed by atoms with Crippen LogP contribution in [0.5, 0.6) is 0 Å². The number of amides is 1. The summed E-state index contributed by atoms with van der Waals surface area (Å²) in [6.45, 7) is 4.69. The minimum absolute atomic E-state index is 0.241. The molecule has 2 aliphatic rings. The number of hydrogen-bond acceptors (Lipinski definition) is 5. The predicted octanol–water partition coefficient (Wildman–Crippen LogP) is 3.00. The lowest BCUT2D eigenvalue weighted by Crippen LogP contribution is -2.44. The molecule has 27 heavy (non-hydrogen) atoms. The molecule has 0 N–H and O–H groups in total. The second kappa shape index (κ2) is 7.96. The number of nitrogens with zero attached hydrogens (tertiary/aromatic N) is 4. The number of ether oxygens (including phenoxy) is 1. The van der Waals surface area contributed by atoms with Gasteiger partial charge in [0.05, 0.1) is 30.2 Å². The van der Waals surface area contributed by atoms with Crippen molar-refractivity contribution in [3.63, 3.8) is 0 Å². The molecule has 0 spiro atoms. The summed E-state index contributed by atoms with van der Waals surface area (Å²) < 4.78 is 5.65. The van der Waals surface area contributed by atoms with Gasteiger partial charge in [0.25, 0.3) is 0 Å². The summed E-state index contributed by atoms with van der Waals surface area (Å²) in [4.78, 5) is 23.5. The van der Waals surface area contributed by atoms with Crippen LogP contribution < -0.4 is 9.80 Å². The Kier molecular flexibility index (Phi) is 5.25. The van der Waals surface area contributed by atoms with E-state index in [2.05, 4.69) is 27.9 Å². The van der Waals surface area contributed by atoms with Crippen LogP contribution in [-0.4, -0.2) is 55.8 Å². The Labute approximate surface area is 160 Å². The van der Waals surface area contributed by atoms with Gasteiger partial charge in [0, 0.05) is 31.7 Å². The van der Waals surface area contributed by atoms with E-state index in [1.54, 1.807) is 4.90 Å². The highest BCUT2D eigenvalue weighted by molar-refractivity contribution is 5.93. The van der Waals surface area contributed by atoms with Crippen molar-refractivity contribution >= 4 is 17.5 Å². The minimum Gasteiger partial charge on any atom is -0.449 e. The highest BCUT2D eigenvalue weighted by atomic mass is 16.6. The molecule has 1 amide bonds. The van der Waals surface area contributed by atoms with Crippen LogP contribution in [0.1, 0.15) is 12.1 Å². The molecular formula is C21H26N4O2. The van der Waals surface area contributed by atoms with Gasteiger partial charge in [-0.05, 0) is 44.3 Å². The molecule has 0 bridgehead atoms. The highest BCUT2D eigenvalue weighted by Gasteiger charge is 2.29. The standard InChI is InChI=1S/C21H26N4O2/c1-23-11-9-17(14-23)16-27-21(26)25-13-12-24(15-18-6-4-5-10-22-18)19-7-2-3-8-20(19)25/h2-8,10,17H,9,11-16H2,1H3/t17-/m1/s1. The number of rotatable bonds is 4. The van der Waals surface area contributed by atoms with Crippen LogP contribution in [-0.2, 0) is 11.3 Å². The number of pyridine rings is 1. The van der Waals surface area contributed by atoms with Crippen molar-refractivity contribution in [2.24, 2.45) is 5.92 Å². The zero-order valence-electron chi connectivity index (χ0n) is 15.8. The SMILES string of the molecule is CN1CC[C@@H](COC(=O)N2CCN(Cc3ccccn3)c3ccccc32)C1. The first-order valence-corrected chi connectivity index (χ1v) is 9.57. The number of anilines is 2. The second-order valence-corrected chi connectivity index (χ2v) is 7.38. The number of likely N-dealkylation sites (tertiary alicyclic amines) is 1. The smallest absolute Gasteiger partial charge is 0.414 e. The van der Waals surface area contributed by atoms with E-state index in [1.807, 2.05) is 42.6 Å². The molecule has 1 fully saturated rings. The average Bonchev–Trinajstić information content (AvgIpc) is 3.12. The first kappa shape index (κ1) is 17.8. The van der Waals surface area contributed by atoms with E-state index in [9.17, 15) is 4.79 Å². The summed E-state index contributed by atoms with van der Waals surface area (Å²) in [6, 6.07) is 14.0. The molecule has 6 nitrogen and oxygen atoms in total. The Balaban J connectivity index is 1.45. The second-order valence-electron chi connectivity index (χ2n) is 7.38. The molecule has 0 radical (unpaired) electrons. The van der Waals surface area contributed by atoms with Crippen molar-refractivity contribution in [1.29, 1.82) is 0 Å². The predicted molar refractivity (Wildman–Crippen MR) is 106 cm³/mol. The van der Waals surface area contributed by atoms with Crippen molar-refractivity contribution < 1.29 is 9.53 Å². The Morgan fingerprint density at radius 2 is 1.93 bits per heavy atom. The topological polar surface area (TPSA) is 48.9 Å². The van der Waals surface area contributed by atoms with Gasteiger partial charge in [-0.3, -0.25) is 9.88 Å². The third-order valence-corrected chi connectivity index (χ3v) is 5.34. The first-order chi connectivity index (χ1) is 13.2. The van der Waals surface area contributed by atoms with Gasteiger partial charge in [-0.2, -0.15) is 0 Å². The largest absolute Gasteiger partial charge is 0.449 e. The molecule has 0 aliphatic carbocycles. The van der Waals surface area contributed by atoms with Crippen LogP contribution in [0, 0.1) is 5.92 Å². The van der Waals surface area contributed by atoms with Crippen molar-refractivity contribution in [2.75, 3.05) is 49.6 Å². The maximum Gasteiger partial charge on any atom is 0.414 e. The summed E-state index contributed by atoms with van der Waals surface area (Å²) >= 11 is 0.